The molecular weight excluding hydrogens is 487 g/mol. The summed E-state index contributed by atoms with van der Waals surface area (Å²) in [5.74, 6) is -5.19. The van der Waals surface area contributed by atoms with Gasteiger partial charge in [0.2, 0.25) is 0 Å². The molecule has 198 valence electrons. The number of nitrogens with zero attached hydrogens (tertiary/aromatic N) is 1. The zero-order valence-electron chi connectivity index (χ0n) is 34.3. The van der Waals surface area contributed by atoms with Gasteiger partial charge in [-0.25, -0.2) is 4.39 Å². The van der Waals surface area contributed by atoms with Crippen LogP contribution in [0.1, 0.15) is 77.2 Å². The van der Waals surface area contributed by atoms with Crippen molar-refractivity contribution in [2.45, 2.75) is 76.0 Å². The van der Waals surface area contributed by atoms with E-state index in [1.807, 2.05) is 0 Å². The van der Waals surface area contributed by atoms with Crippen molar-refractivity contribution >= 4 is 16.7 Å². The molecule has 2 N–H and O–H groups in total. The molecule has 37 heavy (non-hydrogen) atoms. The van der Waals surface area contributed by atoms with E-state index < -0.39 is 126 Å². The molecular formula is C28H30F3NO5. The van der Waals surface area contributed by atoms with Crippen molar-refractivity contribution in [2.75, 3.05) is 6.56 Å². The maximum atomic E-state index is 16.0. The van der Waals surface area contributed by atoms with Crippen molar-refractivity contribution in [2.24, 2.45) is 0 Å². The minimum Gasteiger partial charge on any atom is -0.395 e. The number of rotatable bonds is 9. The SMILES string of the molecule is [2H]c1c([2H])c(C2(C(=O)Cc3cc4cc(C(C)(CC)C([2H])([2H])[2H])n(C([2H])([2H])[C@]([2H])(O)C([2H])([2H])O)c4cc3F)C([2H])([2H])C2([2H])[2H])c([2H])c2c1OC(F)(F)O2. The lowest BCUT2D eigenvalue weighted by Gasteiger charge is -2.26. The van der Waals surface area contributed by atoms with E-state index in [4.69, 9.17) is 20.6 Å². The largest absolute Gasteiger partial charge is 0.586 e. The summed E-state index contributed by atoms with van der Waals surface area (Å²) < 4.78 is 176. The summed E-state index contributed by atoms with van der Waals surface area (Å²) >= 11 is 0. The van der Waals surface area contributed by atoms with Crippen LogP contribution in [0.2, 0.25) is 0 Å². The van der Waals surface area contributed by atoms with Crippen molar-refractivity contribution in [3.63, 3.8) is 0 Å². The van der Waals surface area contributed by atoms with Gasteiger partial charge in [-0.2, -0.15) is 0 Å². The van der Waals surface area contributed by atoms with Gasteiger partial charge in [-0.1, -0.05) is 26.7 Å². The predicted molar refractivity (Wildman–Crippen MR) is 131 cm³/mol. The summed E-state index contributed by atoms with van der Waals surface area (Å²) in [5, 5.41) is 20.3. The van der Waals surface area contributed by atoms with Crippen LogP contribution in [0.25, 0.3) is 10.9 Å². The van der Waals surface area contributed by atoms with Crippen LogP contribution in [0.15, 0.2) is 36.3 Å². The zero-order valence-corrected chi connectivity index (χ0v) is 19.3. The molecule has 5 rings (SSSR count). The fraction of sp³-hybridized carbons (Fsp3) is 0.464. The van der Waals surface area contributed by atoms with E-state index in [2.05, 4.69) is 9.47 Å². The number of carbonyl (C=O) groups excluding carboxylic acids is 1. The van der Waals surface area contributed by atoms with Crippen molar-refractivity contribution in [3.05, 3.63) is 59.0 Å². The fourth-order valence-electron chi connectivity index (χ4n) is 3.99. The monoisotopic (exact) mass is 532 g/mol. The standard InChI is InChI=1S/C28H30F3NO5/c1-4-26(2,3)24-10-17-9-16(20(29)13-21(17)32(24)14-19(34)15-33)11-25(35)27(7-8-27)18-5-6-22-23(12-18)37-28(30,31)36-22/h5-6,9-10,12-13,19,33-34H,4,7-8,11,14-15H2,1-3H3/t19-/m0/s1/i2D3,5D,6D,7D2,8D2,12D,14D2,15D2,19D/t19-,26?. The first kappa shape index (κ1) is 13.2. The number of Topliss-reactive ketones (excluding diaryl/α,β-unsaturated/α-hetero) is 1. The van der Waals surface area contributed by atoms with Crippen LogP contribution >= 0.6 is 0 Å². The summed E-state index contributed by atoms with van der Waals surface area (Å²) in [6.07, 6.45) is -16.5. The average Bonchev–Trinajstić information content (AvgIpc) is 3.33. The Hall–Kier alpha value is -3.04. The van der Waals surface area contributed by atoms with E-state index >= 15 is 4.39 Å². The minimum atomic E-state index is -4.43. The second kappa shape index (κ2) is 8.77. The van der Waals surface area contributed by atoms with Crippen LogP contribution in [0.5, 0.6) is 11.5 Å². The van der Waals surface area contributed by atoms with E-state index in [0.717, 1.165) is 19.1 Å². The first-order chi connectivity index (χ1) is 23.2. The molecule has 2 aromatic carbocycles. The smallest absolute Gasteiger partial charge is 0.395 e. The van der Waals surface area contributed by atoms with Crippen LogP contribution < -0.4 is 9.47 Å². The normalized spacial score (nSPS) is 30.2. The highest BCUT2D eigenvalue weighted by molar-refractivity contribution is 5.95. The van der Waals surface area contributed by atoms with Gasteiger partial charge in [0, 0.05) is 32.5 Å². The van der Waals surface area contributed by atoms with Gasteiger partial charge in [0.15, 0.2) is 11.5 Å². The first-order valence-electron chi connectivity index (χ1n) is 18.5. The highest BCUT2D eigenvalue weighted by Gasteiger charge is 2.52. The quantitative estimate of drug-likeness (QED) is 0.406. The molecule has 0 radical (unpaired) electrons. The van der Waals surface area contributed by atoms with Crippen LogP contribution in [0, 0.1) is 5.82 Å². The number of hydrogen-bond acceptors (Lipinski definition) is 5. The molecule has 1 aromatic heterocycles. The number of benzene rings is 2. The van der Waals surface area contributed by atoms with Crippen LogP contribution in [0.3, 0.4) is 0 Å². The molecule has 1 aliphatic heterocycles. The number of carbonyl (C=O) groups is 1. The second-order valence-electron chi connectivity index (χ2n) is 8.80. The van der Waals surface area contributed by atoms with Gasteiger partial charge >= 0.3 is 6.29 Å². The Morgan fingerprint density at radius 1 is 1.35 bits per heavy atom. The van der Waals surface area contributed by atoms with Gasteiger partial charge < -0.3 is 24.3 Å². The minimum absolute atomic E-state index is 0.275. The van der Waals surface area contributed by atoms with Crippen molar-refractivity contribution in [1.29, 1.82) is 0 Å². The topological polar surface area (TPSA) is 80.9 Å². The molecule has 0 spiro atoms. The Balaban J connectivity index is 1.74. The molecule has 1 fully saturated rings. The van der Waals surface area contributed by atoms with E-state index in [-0.39, 0.29) is 11.8 Å². The third-order valence-corrected chi connectivity index (χ3v) is 6.27. The van der Waals surface area contributed by atoms with Crippen molar-refractivity contribution < 1.29 is 58.2 Å². The van der Waals surface area contributed by atoms with Crippen LogP contribution in [-0.4, -0.2) is 39.5 Å². The van der Waals surface area contributed by atoms with E-state index in [1.54, 1.807) is 0 Å². The van der Waals surface area contributed by atoms with Gasteiger partial charge in [0.1, 0.15) is 11.6 Å². The number of halogens is 3. The summed E-state index contributed by atoms with van der Waals surface area (Å²) in [7, 11) is 0. The number of aliphatic hydroxyl groups is 2. The number of fused-ring (bicyclic) bond motifs is 2. The Labute approximate surface area is 233 Å². The Kier molecular flexibility index (Phi) is 3.12. The van der Waals surface area contributed by atoms with Gasteiger partial charge in [0.05, 0.1) is 41.0 Å². The average molecular weight is 533 g/mol. The van der Waals surface area contributed by atoms with E-state index in [0.29, 0.717) is 10.6 Å². The fourth-order valence-corrected chi connectivity index (χ4v) is 3.99. The van der Waals surface area contributed by atoms with Crippen molar-refractivity contribution in [1.82, 2.24) is 4.57 Å². The molecule has 0 amide bonds. The van der Waals surface area contributed by atoms with Gasteiger partial charge in [0.25, 0.3) is 0 Å². The van der Waals surface area contributed by atoms with Crippen molar-refractivity contribution in [3.8, 4) is 11.5 Å². The number of ether oxygens (including phenoxy) is 2. The maximum Gasteiger partial charge on any atom is 0.586 e. The third-order valence-electron chi connectivity index (χ3n) is 6.27. The van der Waals surface area contributed by atoms with Crippen LogP contribution in [-0.2, 0) is 28.5 Å². The molecule has 2 atom stereocenters. The Morgan fingerprint density at radius 3 is 2.73 bits per heavy atom. The lowest BCUT2D eigenvalue weighted by atomic mass is 9.86. The highest BCUT2D eigenvalue weighted by Crippen LogP contribution is 2.52. The molecule has 2 aliphatic rings. The molecule has 1 aliphatic carbocycles. The molecule has 6 nitrogen and oxygen atoms in total. The summed E-state index contributed by atoms with van der Waals surface area (Å²) in [6, 6.07) is -1.29. The third kappa shape index (κ3) is 4.48. The molecule has 0 bridgehead atoms. The number of ketones is 1. The molecule has 1 unspecified atom stereocenters. The van der Waals surface area contributed by atoms with Gasteiger partial charge in [-0.05, 0) is 60.6 Å². The van der Waals surface area contributed by atoms with E-state index in [1.165, 1.54) is 6.92 Å². The number of aromatic nitrogens is 1. The number of alkyl halides is 2. The first-order valence-corrected chi connectivity index (χ1v) is 11.0. The lowest BCUT2D eigenvalue weighted by molar-refractivity contribution is -0.286. The summed E-state index contributed by atoms with van der Waals surface area (Å²) in [5.41, 5.74) is -8.17. The van der Waals surface area contributed by atoms with Crippen LogP contribution in [0.4, 0.5) is 13.2 Å². The molecule has 2 heterocycles. The van der Waals surface area contributed by atoms with Gasteiger partial charge in [-0.3, -0.25) is 4.79 Å². The maximum absolute atomic E-state index is 16.0. The highest BCUT2D eigenvalue weighted by atomic mass is 19.3. The lowest BCUT2D eigenvalue weighted by Crippen LogP contribution is -2.26. The Bertz CT molecular complexity index is 2010. The molecule has 3 aromatic rings. The molecule has 0 saturated heterocycles. The Morgan fingerprint density at radius 2 is 2.08 bits per heavy atom. The predicted octanol–water partition coefficient (Wildman–Crippen LogP) is 4.99. The molecule has 9 heteroatoms. The van der Waals surface area contributed by atoms with E-state index in [9.17, 15) is 23.8 Å². The summed E-state index contributed by atoms with van der Waals surface area (Å²) in [6.45, 7) is -8.13. The number of hydrogen-bond donors (Lipinski definition) is 2. The zero-order chi connectivity index (χ0) is 40.0. The second-order valence-corrected chi connectivity index (χ2v) is 8.80. The van der Waals surface area contributed by atoms with Gasteiger partial charge in [-0.15, -0.1) is 8.78 Å². The summed E-state index contributed by atoms with van der Waals surface area (Å²) in [4.78, 5) is 14.1. The molecule has 1 saturated carbocycles.